The number of carbonyl (C=O) groups is 3. The Hall–Kier alpha value is -3.35. The van der Waals surface area contributed by atoms with Crippen LogP contribution in [0.1, 0.15) is 55.6 Å². The summed E-state index contributed by atoms with van der Waals surface area (Å²) in [5.74, 6) is -1.28. The zero-order valence-electron chi connectivity index (χ0n) is 19.6. The van der Waals surface area contributed by atoms with Crippen molar-refractivity contribution in [2.45, 2.75) is 56.5 Å². The van der Waals surface area contributed by atoms with Gasteiger partial charge in [-0.1, -0.05) is 55.0 Å². The molecule has 3 fully saturated rings. The van der Waals surface area contributed by atoms with Crippen LogP contribution in [0.2, 0.25) is 0 Å². The lowest BCUT2D eigenvalue weighted by atomic mass is 9.67. The van der Waals surface area contributed by atoms with Gasteiger partial charge in [0.2, 0.25) is 5.91 Å². The Morgan fingerprint density at radius 1 is 1.00 bits per heavy atom. The topological polar surface area (TPSA) is 95.9 Å². The number of carbonyl (C=O) groups excluding carboxylic acids is 2. The third-order valence-electron chi connectivity index (χ3n) is 8.77. The Bertz CT molecular complexity index is 1140. The maximum Gasteiger partial charge on any atom is 0.407 e. The molecule has 2 heterocycles. The number of carboxylic acids is 1. The van der Waals surface area contributed by atoms with Crippen molar-refractivity contribution in [3.63, 3.8) is 0 Å². The van der Waals surface area contributed by atoms with Gasteiger partial charge in [0.25, 0.3) is 0 Å². The molecule has 0 spiro atoms. The van der Waals surface area contributed by atoms with Crippen LogP contribution >= 0.6 is 0 Å². The third kappa shape index (κ3) is 3.51. The summed E-state index contributed by atoms with van der Waals surface area (Å²) in [6, 6.07) is 16.2. The minimum Gasteiger partial charge on any atom is -0.481 e. The van der Waals surface area contributed by atoms with Crippen LogP contribution in [0.4, 0.5) is 4.79 Å². The minimum absolute atomic E-state index is 0.0129. The molecule has 2 bridgehead atoms. The first kappa shape index (κ1) is 22.1. The summed E-state index contributed by atoms with van der Waals surface area (Å²) < 4.78 is 5.66. The van der Waals surface area contributed by atoms with E-state index in [1.165, 1.54) is 11.1 Å². The molecule has 4 aliphatic rings. The van der Waals surface area contributed by atoms with Gasteiger partial charge in [0, 0.05) is 24.5 Å². The maximum atomic E-state index is 13.6. The smallest absolute Gasteiger partial charge is 0.407 e. The Morgan fingerprint density at radius 3 is 2.23 bits per heavy atom. The number of amides is 2. The maximum absolute atomic E-state index is 13.6. The highest BCUT2D eigenvalue weighted by Gasteiger charge is 2.56. The second-order valence-electron chi connectivity index (χ2n) is 10.5. The molecule has 7 nitrogen and oxygen atoms in total. The van der Waals surface area contributed by atoms with Crippen LogP contribution < -0.4 is 5.32 Å². The predicted molar refractivity (Wildman–Crippen MR) is 129 cm³/mol. The number of ether oxygens (including phenoxy) is 1. The van der Waals surface area contributed by atoms with Gasteiger partial charge in [-0.3, -0.25) is 9.59 Å². The van der Waals surface area contributed by atoms with Crippen molar-refractivity contribution in [3.8, 4) is 11.1 Å². The first-order valence-corrected chi connectivity index (χ1v) is 12.6. The van der Waals surface area contributed by atoms with E-state index < -0.39 is 23.4 Å². The molecule has 2 saturated heterocycles. The van der Waals surface area contributed by atoms with Crippen LogP contribution in [0, 0.1) is 11.3 Å². The minimum atomic E-state index is -0.811. The third-order valence-corrected chi connectivity index (χ3v) is 8.77. The first-order valence-electron chi connectivity index (χ1n) is 12.6. The molecule has 2 aliphatic carbocycles. The highest BCUT2D eigenvalue weighted by Crippen LogP contribution is 2.49. The van der Waals surface area contributed by atoms with Gasteiger partial charge in [-0.15, -0.1) is 0 Å². The Kier molecular flexibility index (Phi) is 5.31. The van der Waals surface area contributed by atoms with Crippen molar-refractivity contribution < 1.29 is 24.2 Å². The van der Waals surface area contributed by atoms with Gasteiger partial charge in [-0.25, -0.2) is 4.79 Å². The van der Waals surface area contributed by atoms with Gasteiger partial charge < -0.3 is 20.1 Å². The Balaban J connectivity index is 1.10. The molecule has 2 aromatic rings. The van der Waals surface area contributed by atoms with Crippen LogP contribution in [-0.2, 0) is 14.3 Å². The largest absolute Gasteiger partial charge is 0.481 e. The summed E-state index contributed by atoms with van der Waals surface area (Å²) in [4.78, 5) is 39.8. The lowest BCUT2D eigenvalue weighted by molar-refractivity contribution is -0.149. The van der Waals surface area contributed by atoms with Gasteiger partial charge >= 0.3 is 12.1 Å². The number of nitrogens with one attached hydrogen (secondary N) is 1. The number of hydrogen-bond donors (Lipinski definition) is 2. The van der Waals surface area contributed by atoms with Gasteiger partial charge in [0.05, 0.1) is 11.3 Å². The second kappa shape index (κ2) is 8.40. The predicted octanol–water partition coefficient (Wildman–Crippen LogP) is 4.16. The molecular weight excluding hydrogens is 444 g/mol. The van der Waals surface area contributed by atoms with Crippen molar-refractivity contribution in [1.82, 2.24) is 10.2 Å². The van der Waals surface area contributed by atoms with E-state index in [-0.39, 0.29) is 37.1 Å². The van der Waals surface area contributed by atoms with Crippen molar-refractivity contribution in [1.29, 1.82) is 0 Å². The molecule has 3 atom stereocenters. The van der Waals surface area contributed by atoms with E-state index in [4.69, 9.17) is 4.74 Å². The van der Waals surface area contributed by atoms with E-state index in [9.17, 15) is 19.5 Å². The molecule has 2 N–H and O–H groups in total. The van der Waals surface area contributed by atoms with Crippen molar-refractivity contribution in [3.05, 3.63) is 59.7 Å². The van der Waals surface area contributed by atoms with Crippen LogP contribution in [0.5, 0.6) is 0 Å². The fourth-order valence-electron chi connectivity index (χ4n) is 6.81. The molecular formula is C28H30N2O5. The van der Waals surface area contributed by atoms with Crippen LogP contribution in [0.3, 0.4) is 0 Å². The van der Waals surface area contributed by atoms with E-state index in [0.717, 1.165) is 30.4 Å². The van der Waals surface area contributed by atoms with E-state index in [0.29, 0.717) is 19.3 Å². The van der Waals surface area contributed by atoms with Crippen molar-refractivity contribution >= 4 is 18.0 Å². The SMILES string of the molecule is O=C(NCC1(C(=O)N2[C@H]3CC[C@@H]2[C@H](C(=O)O)C3)CCC1)OCC1c2ccccc2-c2ccccc21. The number of fused-ring (bicyclic) bond motifs is 5. The molecule has 6 rings (SSSR count). The van der Waals surface area contributed by atoms with E-state index in [1.54, 1.807) is 0 Å². The normalized spacial score (nSPS) is 25.5. The van der Waals surface area contributed by atoms with Crippen LogP contribution in [-0.4, -0.2) is 53.2 Å². The monoisotopic (exact) mass is 474 g/mol. The lowest BCUT2D eigenvalue weighted by Gasteiger charge is -2.44. The Labute approximate surface area is 204 Å². The molecule has 7 heteroatoms. The van der Waals surface area contributed by atoms with Crippen molar-refractivity contribution in [2.24, 2.45) is 11.3 Å². The summed E-state index contributed by atoms with van der Waals surface area (Å²) in [6.07, 6.45) is 4.01. The molecule has 0 aromatic heterocycles. The zero-order chi connectivity index (χ0) is 24.2. The number of benzene rings is 2. The van der Waals surface area contributed by atoms with Crippen LogP contribution in [0.15, 0.2) is 48.5 Å². The fraction of sp³-hybridized carbons (Fsp3) is 0.464. The molecule has 0 unspecified atom stereocenters. The summed E-state index contributed by atoms with van der Waals surface area (Å²) in [5.41, 5.74) is 4.03. The average Bonchev–Trinajstić information content (AvgIpc) is 3.51. The van der Waals surface area contributed by atoms with E-state index >= 15 is 0 Å². The molecule has 1 saturated carbocycles. The van der Waals surface area contributed by atoms with Crippen LogP contribution in [0.25, 0.3) is 11.1 Å². The number of nitrogens with zero attached hydrogens (tertiary/aromatic N) is 1. The molecule has 2 aliphatic heterocycles. The number of carboxylic acid groups (broad SMARTS) is 1. The number of alkyl carbamates (subject to hydrolysis) is 1. The van der Waals surface area contributed by atoms with Gasteiger partial charge in [0.15, 0.2) is 0 Å². The number of hydrogen-bond acceptors (Lipinski definition) is 4. The zero-order valence-corrected chi connectivity index (χ0v) is 19.6. The summed E-state index contributed by atoms with van der Waals surface area (Å²) in [5, 5.41) is 12.4. The molecule has 35 heavy (non-hydrogen) atoms. The molecule has 2 amide bonds. The first-order chi connectivity index (χ1) is 17.0. The van der Waals surface area contributed by atoms with Crippen molar-refractivity contribution in [2.75, 3.05) is 13.2 Å². The molecule has 182 valence electrons. The highest BCUT2D eigenvalue weighted by atomic mass is 16.5. The van der Waals surface area contributed by atoms with Gasteiger partial charge in [0.1, 0.15) is 6.61 Å². The number of rotatable bonds is 6. The quantitative estimate of drug-likeness (QED) is 0.656. The summed E-state index contributed by atoms with van der Waals surface area (Å²) in [6.45, 7) is 0.466. The molecule has 2 aromatic carbocycles. The van der Waals surface area contributed by atoms with Gasteiger partial charge in [-0.2, -0.15) is 0 Å². The lowest BCUT2D eigenvalue weighted by Crippen LogP contribution is -2.55. The Morgan fingerprint density at radius 2 is 1.66 bits per heavy atom. The fourth-order valence-corrected chi connectivity index (χ4v) is 6.81. The highest BCUT2D eigenvalue weighted by molar-refractivity contribution is 5.87. The second-order valence-corrected chi connectivity index (χ2v) is 10.5. The standard InChI is InChI=1S/C28H30N2O5/c31-25(32)22-14-17-10-11-24(22)30(17)26(33)28(12-5-13-28)16-29-27(34)35-15-23-20-8-3-1-6-18(20)19-7-2-4-9-21(19)23/h1-4,6-9,17,22-24H,5,10-16H2,(H,29,34)(H,31,32)/t17-,22+,24+/m0/s1. The van der Waals surface area contributed by atoms with E-state index in [2.05, 4.69) is 29.6 Å². The number of aliphatic carboxylic acids is 1. The average molecular weight is 475 g/mol. The summed E-state index contributed by atoms with van der Waals surface area (Å²) in [7, 11) is 0. The molecule has 0 radical (unpaired) electrons. The van der Waals surface area contributed by atoms with E-state index in [1.807, 2.05) is 29.2 Å². The van der Waals surface area contributed by atoms with Gasteiger partial charge in [-0.05, 0) is 54.4 Å². The summed E-state index contributed by atoms with van der Waals surface area (Å²) >= 11 is 0.